The molecule has 7 heteroatoms. The van der Waals surface area contributed by atoms with Crippen molar-refractivity contribution in [3.8, 4) is 62.1 Å². The monoisotopic (exact) mass is 912 g/mol. The highest BCUT2D eigenvalue weighted by molar-refractivity contribution is 7.25. The van der Waals surface area contributed by atoms with E-state index >= 15 is 0 Å². The Bertz CT molecular complexity index is 4410. The summed E-state index contributed by atoms with van der Waals surface area (Å²) in [5, 5.41) is 9.15. The second-order valence-corrected chi connectivity index (χ2v) is 19.0. The minimum atomic E-state index is 0.535. The number of furan rings is 2. The summed E-state index contributed by atoms with van der Waals surface area (Å²) in [6.07, 6.45) is 0. The van der Waals surface area contributed by atoms with Crippen molar-refractivity contribution in [1.29, 1.82) is 0 Å². The normalized spacial score (nSPS) is 12.0. The molecule has 0 spiro atoms. The summed E-state index contributed by atoms with van der Waals surface area (Å²) in [5.41, 5.74) is 13.3. The van der Waals surface area contributed by atoms with Gasteiger partial charge >= 0.3 is 0 Å². The molecule has 0 fully saturated rings. The number of rotatable bonds is 6. The molecule has 0 aliphatic heterocycles. The fraction of sp³-hybridized carbons (Fsp3) is 0. The summed E-state index contributed by atoms with van der Waals surface area (Å²) in [5.74, 6) is 1.62. The number of nitrogens with zero attached hydrogens (tertiary/aromatic N) is 4. The zero-order valence-electron chi connectivity index (χ0n) is 37.3. The first kappa shape index (κ1) is 38.9. The third-order valence-electron chi connectivity index (χ3n) is 13.8. The molecule has 326 valence electrons. The maximum atomic E-state index is 6.42. The van der Waals surface area contributed by atoms with Crippen molar-refractivity contribution in [3.63, 3.8) is 0 Å². The van der Waals surface area contributed by atoms with Gasteiger partial charge in [0.2, 0.25) is 0 Å². The summed E-state index contributed by atoms with van der Waals surface area (Å²) in [6, 6.07) is 77.0. The van der Waals surface area contributed by atoms with Crippen LogP contribution >= 0.6 is 11.3 Å². The zero-order chi connectivity index (χ0) is 45.9. The Morgan fingerprint density at radius 2 is 0.786 bits per heavy atom. The van der Waals surface area contributed by atoms with Gasteiger partial charge in [0, 0.05) is 80.3 Å². The van der Waals surface area contributed by atoms with Gasteiger partial charge in [0.25, 0.3) is 0 Å². The standard InChI is InChI=1S/C63H36N4O2S/c1-3-15-37(16-4-1)48-31-41(32-49(38-17-5-2-6-18-38)60(48)67-52-23-11-7-19-42(52)50-36-59-51(35-53(50)67)47-22-10-14-26-58(47)70-59)63-65-61(39-27-29-45-43-20-8-12-24-54(43)68-56(45)33-39)64-62(66-63)40-28-30-46-44-21-9-13-25-55(44)69-57(46)34-40/h1-36H. The van der Waals surface area contributed by atoms with Crippen LogP contribution in [0.15, 0.2) is 227 Å². The second-order valence-electron chi connectivity index (χ2n) is 17.9. The molecule has 10 aromatic carbocycles. The van der Waals surface area contributed by atoms with Gasteiger partial charge in [0.05, 0.1) is 16.7 Å². The van der Waals surface area contributed by atoms with Crippen LogP contribution in [-0.2, 0) is 0 Å². The number of benzene rings is 10. The Morgan fingerprint density at radius 3 is 1.39 bits per heavy atom. The van der Waals surface area contributed by atoms with Gasteiger partial charge in [-0.25, -0.2) is 15.0 Å². The highest BCUT2D eigenvalue weighted by Gasteiger charge is 2.24. The van der Waals surface area contributed by atoms with E-state index in [1.54, 1.807) is 0 Å². The molecule has 0 bridgehead atoms. The van der Waals surface area contributed by atoms with Gasteiger partial charge in [-0.15, -0.1) is 11.3 Å². The van der Waals surface area contributed by atoms with Gasteiger partial charge < -0.3 is 13.4 Å². The molecule has 70 heavy (non-hydrogen) atoms. The molecule has 6 nitrogen and oxygen atoms in total. The fourth-order valence-corrected chi connectivity index (χ4v) is 11.7. The first-order chi connectivity index (χ1) is 34.7. The lowest BCUT2D eigenvalue weighted by molar-refractivity contribution is 0.668. The molecule has 0 N–H and O–H groups in total. The Balaban J connectivity index is 1.02. The van der Waals surface area contributed by atoms with Crippen molar-refractivity contribution in [2.45, 2.75) is 0 Å². The highest BCUT2D eigenvalue weighted by atomic mass is 32.1. The van der Waals surface area contributed by atoms with Gasteiger partial charge in [0.15, 0.2) is 17.5 Å². The minimum Gasteiger partial charge on any atom is -0.456 e. The van der Waals surface area contributed by atoms with E-state index < -0.39 is 0 Å². The van der Waals surface area contributed by atoms with Gasteiger partial charge in [0.1, 0.15) is 22.3 Å². The van der Waals surface area contributed by atoms with E-state index in [2.05, 4.69) is 174 Å². The lowest BCUT2D eigenvalue weighted by Crippen LogP contribution is -2.04. The topological polar surface area (TPSA) is 69.9 Å². The SMILES string of the molecule is c1ccc(-c2cc(-c3nc(-c4ccc5c(c4)oc4ccccc45)nc(-c4ccc5c(c4)oc4ccccc45)n3)cc(-c3ccccc3)c2-n2c3ccccc3c3cc4sc5ccccc5c4cc32)cc1. The van der Waals surface area contributed by atoms with Crippen molar-refractivity contribution in [3.05, 3.63) is 218 Å². The summed E-state index contributed by atoms with van der Waals surface area (Å²) in [7, 11) is 0. The predicted octanol–water partition coefficient (Wildman–Crippen LogP) is 17.5. The summed E-state index contributed by atoms with van der Waals surface area (Å²) in [6.45, 7) is 0. The van der Waals surface area contributed by atoms with Crippen LogP contribution in [0.2, 0.25) is 0 Å². The number of thiophene rings is 1. The van der Waals surface area contributed by atoms with Gasteiger partial charge in [-0.05, 0) is 83.9 Å². The van der Waals surface area contributed by atoms with Crippen molar-refractivity contribution in [1.82, 2.24) is 19.5 Å². The molecule has 5 heterocycles. The molecule has 0 saturated carbocycles. The highest BCUT2D eigenvalue weighted by Crippen LogP contribution is 2.46. The van der Waals surface area contributed by atoms with E-state index in [9.17, 15) is 0 Å². The Hall–Kier alpha value is -9.17. The number of hydrogen-bond donors (Lipinski definition) is 0. The van der Waals surface area contributed by atoms with Crippen LogP contribution in [0.4, 0.5) is 0 Å². The molecule has 0 radical (unpaired) electrons. The second kappa shape index (κ2) is 15.2. The van der Waals surface area contributed by atoms with Crippen LogP contribution in [0, 0.1) is 0 Å². The van der Waals surface area contributed by atoms with E-state index in [4.69, 9.17) is 23.8 Å². The van der Waals surface area contributed by atoms with Crippen LogP contribution in [-0.4, -0.2) is 19.5 Å². The Morgan fingerprint density at radius 1 is 0.300 bits per heavy atom. The molecule has 0 amide bonds. The van der Waals surface area contributed by atoms with Crippen LogP contribution in [0.25, 0.3) is 148 Å². The van der Waals surface area contributed by atoms with E-state index in [0.717, 1.165) is 99.5 Å². The average Bonchev–Trinajstić information content (AvgIpc) is 4.19. The van der Waals surface area contributed by atoms with Gasteiger partial charge in [-0.1, -0.05) is 146 Å². The number of hydrogen-bond acceptors (Lipinski definition) is 6. The van der Waals surface area contributed by atoms with Crippen molar-refractivity contribution < 1.29 is 8.83 Å². The molecular formula is C63H36N4O2S. The molecule has 0 saturated heterocycles. The third kappa shape index (κ3) is 6.02. The smallest absolute Gasteiger partial charge is 0.164 e. The number of fused-ring (bicyclic) bond motifs is 12. The maximum Gasteiger partial charge on any atom is 0.164 e. The fourth-order valence-electron chi connectivity index (χ4n) is 10.6. The zero-order valence-corrected chi connectivity index (χ0v) is 38.1. The molecule has 5 aromatic heterocycles. The average molecular weight is 913 g/mol. The molecule has 15 aromatic rings. The van der Waals surface area contributed by atoms with Crippen LogP contribution in [0.1, 0.15) is 0 Å². The molecule has 0 unspecified atom stereocenters. The Kier molecular flexibility index (Phi) is 8.43. The number of para-hydroxylation sites is 3. The van der Waals surface area contributed by atoms with Crippen molar-refractivity contribution in [2.24, 2.45) is 0 Å². The largest absolute Gasteiger partial charge is 0.456 e. The lowest BCUT2D eigenvalue weighted by Gasteiger charge is -2.21. The third-order valence-corrected chi connectivity index (χ3v) is 15.0. The molecule has 15 rings (SSSR count). The van der Waals surface area contributed by atoms with Crippen molar-refractivity contribution in [2.75, 3.05) is 0 Å². The molecular weight excluding hydrogens is 877 g/mol. The maximum absolute atomic E-state index is 6.42. The first-order valence-electron chi connectivity index (χ1n) is 23.4. The van der Waals surface area contributed by atoms with Crippen LogP contribution < -0.4 is 0 Å². The molecule has 0 aliphatic carbocycles. The quantitative estimate of drug-likeness (QED) is 0.166. The predicted molar refractivity (Wildman–Crippen MR) is 289 cm³/mol. The lowest BCUT2D eigenvalue weighted by atomic mass is 9.92. The Labute approximate surface area is 404 Å². The van der Waals surface area contributed by atoms with Gasteiger partial charge in [-0.3, -0.25) is 0 Å². The van der Waals surface area contributed by atoms with Crippen molar-refractivity contribution >= 4 is 97.2 Å². The molecule has 0 aliphatic rings. The van der Waals surface area contributed by atoms with Crippen LogP contribution in [0.3, 0.4) is 0 Å². The summed E-state index contributed by atoms with van der Waals surface area (Å²) < 4.78 is 17.9. The van der Waals surface area contributed by atoms with E-state index in [1.807, 2.05) is 59.9 Å². The van der Waals surface area contributed by atoms with E-state index in [1.165, 1.54) is 30.9 Å². The van der Waals surface area contributed by atoms with Gasteiger partial charge in [-0.2, -0.15) is 0 Å². The number of aromatic nitrogens is 4. The summed E-state index contributed by atoms with van der Waals surface area (Å²) in [4.78, 5) is 16.0. The minimum absolute atomic E-state index is 0.535. The van der Waals surface area contributed by atoms with E-state index in [-0.39, 0.29) is 0 Å². The van der Waals surface area contributed by atoms with E-state index in [0.29, 0.717) is 17.5 Å². The van der Waals surface area contributed by atoms with Crippen LogP contribution in [0.5, 0.6) is 0 Å². The summed E-state index contributed by atoms with van der Waals surface area (Å²) >= 11 is 1.85. The first-order valence-corrected chi connectivity index (χ1v) is 24.2. The molecule has 0 atom stereocenters.